The second-order valence-electron chi connectivity index (χ2n) is 6.18. The van der Waals surface area contributed by atoms with Crippen LogP contribution in [0.15, 0.2) is 47.0 Å². The fourth-order valence-corrected chi connectivity index (χ4v) is 2.72. The average Bonchev–Trinajstić information content (AvgIpc) is 3.26. The van der Waals surface area contributed by atoms with Crippen LogP contribution in [0, 0.1) is 0 Å². The van der Waals surface area contributed by atoms with Crippen molar-refractivity contribution in [2.24, 2.45) is 0 Å². The number of ether oxygens (including phenoxy) is 4. The molecule has 9 nitrogen and oxygen atoms in total. The minimum absolute atomic E-state index is 0.0667. The Hall–Kier alpha value is -3.59. The molecule has 3 rings (SSSR count). The molecule has 3 aromatic rings. The third-order valence-electron chi connectivity index (χ3n) is 4.17. The predicted molar refractivity (Wildman–Crippen MR) is 107 cm³/mol. The van der Waals surface area contributed by atoms with Gasteiger partial charge in [-0.15, -0.1) is 0 Å². The van der Waals surface area contributed by atoms with E-state index in [9.17, 15) is 4.79 Å². The zero-order chi connectivity index (χ0) is 21.3. The molecule has 0 atom stereocenters. The Morgan fingerprint density at radius 1 is 1.03 bits per heavy atom. The van der Waals surface area contributed by atoms with Gasteiger partial charge in [0.1, 0.15) is 6.61 Å². The van der Waals surface area contributed by atoms with Gasteiger partial charge in [0.2, 0.25) is 23.4 Å². The fourth-order valence-electron chi connectivity index (χ4n) is 2.72. The molecule has 1 amide bonds. The van der Waals surface area contributed by atoms with Crippen molar-refractivity contribution in [1.29, 1.82) is 0 Å². The molecule has 2 aromatic carbocycles. The van der Waals surface area contributed by atoms with E-state index in [0.29, 0.717) is 35.2 Å². The molecule has 1 heterocycles. The Bertz CT molecular complexity index is 949. The van der Waals surface area contributed by atoms with E-state index < -0.39 is 0 Å². The smallest absolute Gasteiger partial charge is 0.246 e. The zero-order valence-corrected chi connectivity index (χ0v) is 17.0. The molecule has 0 aliphatic carbocycles. The van der Waals surface area contributed by atoms with Crippen molar-refractivity contribution in [2.45, 2.75) is 13.2 Å². The van der Waals surface area contributed by atoms with Gasteiger partial charge in [-0.05, 0) is 17.7 Å². The standard InChI is InChI=1S/C21H23N3O6/c1-26-16-9-15(10-17(27-2)20(16)28-3)21-23-19(30-24-21)11-22-18(25)13-29-12-14-7-5-4-6-8-14/h4-10H,11-13H2,1-3H3,(H,22,25). The quantitative estimate of drug-likeness (QED) is 0.541. The van der Waals surface area contributed by atoms with E-state index in [1.165, 1.54) is 21.3 Å². The van der Waals surface area contributed by atoms with E-state index in [1.807, 2.05) is 30.3 Å². The van der Waals surface area contributed by atoms with Gasteiger partial charge in [-0.2, -0.15) is 4.98 Å². The van der Waals surface area contributed by atoms with Gasteiger partial charge in [0.25, 0.3) is 0 Å². The maximum absolute atomic E-state index is 11.9. The molecule has 158 valence electrons. The van der Waals surface area contributed by atoms with Crippen LogP contribution in [-0.4, -0.2) is 44.0 Å². The molecule has 0 spiro atoms. The molecule has 9 heteroatoms. The predicted octanol–water partition coefficient (Wildman–Crippen LogP) is 2.60. The molecule has 0 radical (unpaired) electrons. The van der Waals surface area contributed by atoms with Crippen LogP contribution in [0.2, 0.25) is 0 Å². The van der Waals surface area contributed by atoms with Crippen LogP contribution in [0.5, 0.6) is 17.2 Å². The first-order valence-electron chi connectivity index (χ1n) is 9.16. The lowest BCUT2D eigenvalue weighted by Gasteiger charge is -2.12. The van der Waals surface area contributed by atoms with Crippen LogP contribution in [0.3, 0.4) is 0 Å². The van der Waals surface area contributed by atoms with E-state index >= 15 is 0 Å². The number of carbonyl (C=O) groups is 1. The normalized spacial score (nSPS) is 10.5. The van der Waals surface area contributed by atoms with Gasteiger partial charge < -0.3 is 28.8 Å². The van der Waals surface area contributed by atoms with E-state index in [2.05, 4.69) is 15.5 Å². The molecule has 1 aromatic heterocycles. The van der Waals surface area contributed by atoms with Gasteiger partial charge in [0, 0.05) is 5.56 Å². The zero-order valence-electron chi connectivity index (χ0n) is 17.0. The Morgan fingerprint density at radius 3 is 2.37 bits per heavy atom. The molecule has 0 saturated heterocycles. The number of carbonyl (C=O) groups excluding carboxylic acids is 1. The molecule has 0 unspecified atom stereocenters. The number of hydrogen-bond donors (Lipinski definition) is 1. The van der Waals surface area contributed by atoms with Crippen molar-refractivity contribution in [3.63, 3.8) is 0 Å². The molecular formula is C21H23N3O6. The summed E-state index contributed by atoms with van der Waals surface area (Å²) in [5, 5.41) is 6.64. The SMILES string of the molecule is COc1cc(-c2noc(CNC(=O)COCc3ccccc3)n2)cc(OC)c1OC. The first-order chi connectivity index (χ1) is 14.6. The van der Waals surface area contributed by atoms with E-state index in [4.69, 9.17) is 23.5 Å². The molecule has 0 aliphatic rings. The van der Waals surface area contributed by atoms with Crippen LogP contribution in [-0.2, 0) is 22.7 Å². The van der Waals surface area contributed by atoms with Crippen molar-refractivity contribution in [2.75, 3.05) is 27.9 Å². The van der Waals surface area contributed by atoms with Crippen molar-refractivity contribution in [1.82, 2.24) is 15.5 Å². The van der Waals surface area contributed by atoms with Crippen molar-refractivity contribution < 1.29 is 28.3 Å². The number of hydrogen-bond acceptors (Lipinski definition) is 8. The monoisotopic (exact) mass is 413 g/mol. The number of methoxy groups -OCH3 is 3. The van der Waals surface area contributed by atoms with Crippen LogP contribution in [0.1, 0.15) is 11.5 Å². The number of nitrogens with one attached hydrogen (secondary N) is 1. The summed E-state index contributed by atoms with van der Waals surface area (Å²) < 4.78 is 26.6. The molecule has 0 aliphatic heterocycles. The average molecular weight is 413 g/mol. The topological polar surface area (TPSA) is 105 Å². The van der Waals surface area contributed by atoms with Crippen LogP contribution >= 0.6 is 0 Å². The highest BCUT2D eigenvalue weighted by Gasteiger charge is 2.17. The van der Waals surface area contributed by atoms with E-state index in [1.54, 1.807) is 12.1 Å². The fraction of sp³-hybridized carbons (Fsp3) is 0.286. The van der Waals surface area contributed by atoms with Crippen molar-refractivity contribution in [3.8, 4) is 28.6 Å². The second kappa shape index (κ2) is 10.3. The van der Waals surface area contributed by atoms with Crippen LogP contribution < -0.4 is 19.5 Å². The van der Waals surface area contributed by atoms with Crippen LogP contribution in [0.25, 0.3) is 11.4 Å². The van der Waals surface area contributed by atoms with Gasteiger partial charge in [-0.3, -0.25) is 4.79 Å². The van der Waals surface area contributed by atoms with Gasteiger partial charge >= 0.3 is 0 Å². The number of amides is 1. The summed E-state index contributed by atoms with van der Waals surface area (Å²) in [4.78, 5) is 16.2. The lowest BCUT2D eigenvalue weighted by molar-refractivity contribution is -0.126. The van der Waals surface area contributed by atoms with Gasteiger partial charge in [0.05, 0.1) is 34.5 Å². The minimum atomic E-state index is -0.279. The first kappa shape index (κ1) is 21.1. The Balaban J connectivity index is 1.56. The minimum Gasteiger partial charge on any atom is -0.493 e. The third-order valence-corrected chi connectivity index (χ3v) is 4.17. The lowest BCUT2D eigenvalue weighted by Crippen LogP contribution is -2.27. The molecule has 0 saturated carbocycles. The maximum atomic E-state index is 11.9. The highest BCUT2D eigenvalue weighted by molar-refractivity contribution is 5.77. The maximum Gasteiger partial charge on any atom is 0.246 e. The lowest BCUT2D eigenvalue weighted by atomic mass is 10.1. The van der Waals surface area contributed by atoms with Crippen molar-refractivity contribution >= 4 is 5.91 Å². The summed E-state index contributed by atoms with van der Waals surface area (Å²) in [6, 6.07) is 13.0. The van der Waals surface area contributed by atoms with Gasteiger partial charge in [-0.1, -0.05) is 35.5 Å². The summed E-state index contributed by atoms with van der Waals surface area (Å²) in [6.07, 6.45) is 0. The highest BCUT2D eigenvalue weighted by atomic mass is 16.5. The molecular weight excluding hydrogens is 390 g/mol. The van der Waals surface area contributed by atoms with Gasteiger partial charge in [0.15, 0.2) is 11.5 Å². The number of rotatable bonds is 10. The van der Waals surface area contributed by atoms with E-state index in [0.717, 1.165) is 5.56 Å². The number of nitrogens with zero attached hydrogens (tertiary/aromatic N) is 2. The van der Waals surface area contributed by atoms with Gasteiger partial charge in [-0.25, -0.2) is 0 Å². The Morgan fingerprint density at radius 2 is 1.73 bits per heavy atom. The molecule has 30 heavy (non-hydrogen) atoms. The highest BCUT2D eigenvalue weighted by Crippen LogP contribution is 2.40. The Kier molecular flexibility index (Phi) is 7.23. The van der Waals surface area contributed by atoms with Crippen molar-refractivity contribution in [3.05, 3.63) is 53.9 Å². The summed E-state index contributed by atoms with van der Waals surface area (Å²) in [5.41, 5.74) is 1.62. The summed E-state index contributed by atoms with van der Waals surface area (Å²) in [5.74, 6) is 1.73. The van der Waals surface area contributed by atoms with Crippen LogP contribution in [0.4, 0.5) is 0 Å². The van der Waals surface area contributed by atoms with E-state index in [-0.39, 0.29) is 24.9 Å². The first-order valence-corrected chi connectivity index (χ1v) is 9.16. The Labute approximate surface area is 173 Å². The summed E-state index contributed by atoms with van der Waals surface area (Å²) in [7, 11) is 4.58. The molecule has 1 N–H and O–H groups in total. The molecule has 0 fully saturated rings. The third kappa shape index (κ3) is 5.26. The number of benzene rings is 2. The second-order valence-corrected chi connectivity index (χ2v) is 6.18. The largest absolute Gasteiger partial charge is 0.493 e. The summed E-state index contributed by atoms with van der Waals surface area (Å²) in [6.45, 7) is 0.383. The summed E-state index contributed by atoms with van der Waals surface area (Å²) >= 11 is 0. The number of aromatic nitrogens is 2. The molecule has 0 bridgehead atoms.